The second kappa shape index (κ2) is 13.4. The number of rotatable bonds is 10. The molecule has 1 aliphatic rings. The zero-order valence-electron chi connectivity index (χ0n) is 22.6. The number of nitrogens with one attached hydrogen (secondary N) is 3. The highest BCUT2D eigenvalue weighted by molar-refractivity contribution is 8.00. The van der Waals surface area contributed by atoms with E-state index in [1.165, 1.54) is 18.9 Å². The molecule has 1 aliphatic heterocycles. The van der Waals surface area contributed by atoms with E-state index in [-0.39, 0.29) is 24.2 Å². The Kier molecular flexibility index (Phi) is 9.05. The van der Waals surface area contributed by atoms with Crippen molar-refractivity contribution in [1.82, 2.24) is 5.32 Å². The number of carbonyl (C=O) groups excluding carboxylic acids is 3. The molecule has 4 aromatic rings. The highest BCUT2D eigenvalue weighted by Gasteiger charge is 2.17. The number of methoxy groups -OCH3 is 1. The van der Waals surface area contributed by atoms with Crippen LogP contribution < -0.4 is 30.2 Å². The van der Waals surface area contributed by atoms with Gasteiger partial charge in [0.1, 0.15) is 11.4 Å². The molecule has 0 bridgehead atoms. The first-order chi connectivity index (χ1) is 20.5. The summed E-state index contributed by atoms with van der Waals surface area (Å²) in [5, 5.41) is 8.40. The summed E-state index contributed by atoms with van der Waals surface area (Å²) in [7, 11) is 1.54. The van der Waals surface area contributed by atoms with Crippen molar-refractivity contribution >= 4 is 46.9 Å². The van der Waals surface area contributed by atoms with Crippen LogP contribution in [0.3, 0.4) is 0 Å². The van der Waals surface area contributed by atoms with Crippen LogP contribution in [0, 0.1) is 0 Å². The molecule has 4 aromatic carbocycles. The summed E-state index contributed by atoms with van der Waals surface area (Å²) < 4.78 is 16.0. The minimum Gasteiger partial charge on any atom is -0.496 e. The van der Waals surface area contributed by atoms with Crippen LogP contribution in [-0.4, -0.2) is 37.4 Å². The summed E-state index contributed by atoms with van der Waals surface area (Å²) in [5.41, 5.74) is 2.24. The van der Waals surface area contributed by atoms with Crippen molar-refractivity contribution in [2.45, 2.75) is 4.90 Å². The number of hydrogen-bond donors (Lipinski definition) is 3. The maximum absolute atomic E-state index is 13.3. The van der Waals surface area contributed by atoms with E-state index in [9.17, 15) is 14.4 Å². The van der Waals surface area contributed by atoms with Gasteiger partial charge in [0, 0.05) is 33.5 Å². The number of fused-ring (bicyclic) bond motifs is 1. The fraction of sp³-hybridized carbons (Fsp3) is 0.0938. The van der Waals surface area contributed by atoms with E-state index in [4.69, 9.17) is 14.2 Å². The standard InChI is InChI=1S/C32H27N3O6S/c1-39-27-10-6-5-9-22(27)17-26(35-31(37)21-7-3-2-4-8-21)32(38)34-23-11-14-25(15-12-23)42-19-30(36)33-24-13-16-28-29(18-24)41-20-40-28/h2-18H,19-20H2,1H3,(H,33,36)(H,34,38)(H,35,37)/b26-17-. The lowest BCUT2D eigenvalue weighted by Crippen LogP contribution is -2.30. The molecule has 5 rings (SSSR count). The van der Waals surface area contributed by atoms with Crippen molar-refractivity contribution < 1.29 is 28.6 Å². The number of thioether (sulfide) groups is 1. The summed E-state index contributed by atoms with van der Waals surface area (Å²) in [5.74, 6) is 0.898. The van der Waals surface area contributed by atoms with E-state index in [0.717, 1.165) is 4.90 Å². The van der Waals surface area contributed by atoms with E-state index >= 15 is 0 Å². The van der Waals surface area contributed by atoms with E-state index in [1.807, 2.05) is 18.2 Å². The SMILES string of the molecule is COc1ccccc1/C=C(\NC(=O)c1ccccc1)C(=O)Nc1ccc(SCC(=O)Nc2ccc3c(c2)OCO3)cc1. The van der Waals surface area contributed by atoms with Crippen molar-refractivity contribution in [3.63, 3.8) is 0 Å². The summed E-state index contributed by atoms with van der Waals surface area (Å²) in [6, 6.07) is 28.1. The Morgan fingerprint density at radius 1 is 0.833 bits per heavy atom. The maximum atomic E-state index is 13.3. The Morgan fingerprint density at radius 2 is 1.55 bits per heavy atom. The number of amides is 3. The molecule has 0 saturated carbocycles. The van der Waals surface area contributed by atoms with Crippen molar-refractivity contribution in [2.24, 2.45) is 0 Å². The lowest BCUT2D eigenvalue weighted by molar-refractivity contribution is -0.114. The zero-order chi connectivity index (χ0) is 29.3. The van der Waals surface area contributed by atoms with Crippen LogP contribution in [0.4, 0.5) is 11.4 Å². The second-order valence-electron chi connectivity index (χ2n) is 9.00. The average molecular weight is 582 g/mol. The largest absolute Gasteiger partial charge is 0.496 e. The van der Waals surface area contributed by atoms with Crippen LogP contribution in [-0.2, 0) is 9.59 Å². The smallest absolute Gasteiger partial charge is 0.272 e. The minimum atomic E-state index is -0.506. The molecule has 0 saturated heterocycles. The Labute approximate surface area is 246 Å². The van der Waals surface area contributed by atoms with E-state index in [0.29, 0.717) is 39.8 Å². The Balaban J connectivity index is 1.22. The van der Waals surface area contributed by atoms with Crippen LogP contribution in [0.1, 0.15) is 15.9 Å². The molecule has 1 heterocycles. The first-order valence-electron chi connectivity index (χ1n) is 12.9. The number of benzene rings is 4. The molecule has 0 unspecified atom stereocenters. The third-order valence-corrected chi connectivity index (χ3v) is 7.12. The molecular weight excluding hydrogens is 554 g/mol. The van der Waals surface area contributed by atoms with Gasteiger partial charge in [0.05, 0.1) is 12.9 Å². The Morgan fingerprint density at radius 3 is 2.33 bits per heavy atom. The van der Waals surface area contributed by atoms with Gasteiger partial charge in [-0.1, -0.05) is 36.4 Å². The molecule has 9 nitrogen and oxygen atoms in total. The first-order valence-corrected chi connectivity index (χ1v) is 13.9. The summed E-state index contributed by atoms with van der Waals surface area (Å²) in [4.78, 5) is 39.5. The third-order valence-electron chi connectivity index (χ3n) is 6.11. The molecule has 3 amide bonds. The summed E-state index contributed by atoms with van der Waals surface area (Å²) in [6.45, 7) is 0.167. The van der Waals surface area contributed by atoms with Crippen molar-refractivity contribution in [2.75, 3.05) is 30.3 Å². The highest BCUT2D eigenvalue weighted by Crippen LogP contribution is 2.34. The molecule has 0 aliphatic carbocycles. The van der Waals surface area contributed by atoms with E-state index < -0.39 is 11.8 Å². The predicted octanol–water partition coefficient (Wildman–Crippen LogP) is 5.56. The molecule has 0 atom stereocenters. The van der Waals surface area contributed by atoms with Gasteiger partial charge >= 0.3 is 0 Å². The van der Waals surface area contributed by atoms with Gasteiger partial charge < -0.3 is 30.2 Å². The molecule has 212 valence electrons. The third kappa shape index (κ3) is 7.29. The van der Waals surface area contributed by atoms with Gasteiger partial charge in [-0.3, -0.25) is 14.4 Å². The monoisotopic (exact) mass is 581 g/mol. The molecule has 0 radical (unpaired) electrons. The van der Waals surface area contributed by atoms with Gasteiger partial charge in [-0.05, 0) is 60.7 Å². The van der Waals surface area contributed by atoms with Crippen LogP contribution in [0.2, 0.25) is 0 Å². The quantitative estimate of drug-likeness (QED) is 0.166. The molecule has 0 spiro atoms. The topological polar surface area (TPSA) is 115 Å². The minimum absolute atomic E-state index is 0.0481. The van der Waals surface area contributed by atoms with Gasteiger partial charge in [0.25, 0.3) is 11.8 Å². The predicted molar refractivity (Wildman–Crippen MR) is 162 cm³/mol. The van der Waals surface area contributed by atoms with Gasteiger partial charge in [0.2, 0.25) is 12.7 Å². The Hall–Kier alpha value is -5.22. The molecule has 42 heavy (non-hydrogen) atoms. The van der Waals surface area contributed by atoms with Gasteiger partial charge in [0.15, 0.2) is 11.5 Å². The fourth-order valence-corrected chi connectivity index (χ4v) is 4.74. The lowest BCUT2D eigenvalue weighted by Gasteiger charge is -2.13. The number of carbonyl (C=O) groups is 3. The number of para-hydroxylation sites is 1. The molecule has 3 N–H and O–H groups in total. The average Bonchev–Trinajstić information content (AvgIpc) is 3.49. The van der Waals surface area contributed by atoms with Gasteiger partial charge in [-0.25, -0.2) is 0 Å². The van der Waals surface area contributed by atoms with Crippen LogP contribution in [0.15, 0.2) is 108 Å². The van der Waals surface area contributed by atoms with Crippen LogP contribution >= 0.6 is 11.8 Å². The number of hydrogen-bond acceptors (Lipinski definition) is 7. The molecule has 0 aromatic heterocycles. The van der Waals surface area contributed by atoms with Crippen molar-refractivity contribution in [3.8, 4) is 17.2 Å². The van der Waals surface area contributed by atoms with Crippen molar-refractivity contribution in [1.29, 1.82) is 0 Å². The number of anilines is 2. The zero-order valence-corrected chi connectivity index (χ0v) is 23.4. The van der Waals surface area contributed by atoms with E-state index in [1.54, 1.807) is 84.9 Å². The highest BCUT2D eigenvalue weighted by atomic mass is 32.2. The Bertz CT molecular complexity index is 1620. The van der Waals surface area contributed by atoms with Gasteiger partial charge in [-0.2, -0.15) is 0 Å². The molecule has 0 fully saturated rings. The molecular formula is C32H27N3O6S. The van der Waals surface area contributed by atoms with Crippen LogP contribution in [0.25, 0.3) is 6.08 Å². The van der Waals surface area contributed by atoms with Crippen LogP contribution in [0.5, 0.6) is 17.2 Å². The van der Waals surface area contributed by atoms with Crippen molar-refractivity contribution in [3.05, 3.63) is 114 Å². The van der Waals surface area contributed by atoms with Gasteiger partial charge in [-0.15, -0.1) is 11.8 Å². The number of ether oxygens (including phenoxy) is 3. The van der Waals surface area contributed by atoms with E-state index in [2.05, 4.69) is 16.0 Å². The lowest BCUT2D eigenvalue weighted by atomic mass is 10.1. The molecule has 10 heteroatoms. The fourth-order valence-electron chi connectivity index (χ4n) is 4.04. The maximum Gasteiger partial charge on any atom is 0.272 e. The summed E-state index contributed by atoms with van der Waals surface area (Å²) in [6.07, 6.45) is 1.57. The normalized spacial score (nSPS) is 11.9. The second-order valence-corrected chi connectivity index (χ2v) is 10.1. The first kappa shape index (κ1) is 28.3. The summed E-state index contributed by atoms with van der Waals surface area (Å²) >= 11 is 1.36.